The molecule has 1 N–H and O–H groups in total. The second-order valence-electron chi connectivity index (χ2n) is 7.99. The quantitative estimate of drug-likeness (QED) is 0.857. The lowest BCUT2D eigenvalue weighted by atomic mass is 9.92. The van der Waals surface area contributed by atoms with Crippen molar-refractivity contribution in [1.82, 2.24) is 10.2 Å². The van der Waals surface area contributed by atoms with E-state index in [0.717, 1.165) is 18.4 Å². The number of hydrogen-bond acceptors (Lipinski definition) is 3. The van der Waals surface area contributed by atoms with Gasteiger partial charge in [0.25, 0.3) is 0 Å². The van der Waals surface area contributed by atoms with E-state index in [-0.39, 0.29) is 17.9 Å². The Morgan fingerprint density at radius 2 is 1.84 bits per heavy atom. The first kappa shape index (κ1) is 19.3. The first-order valence-electron chi connectivity index (χ1n) is 8.97. The highest BCUT2D eigenvalue weighted by Gasteiger charge is 2.38. The van der Waals surface area contributed by atoms with Crippen molar-refractivity contribution < 1.29 is 14.3 Å². The molecule has 0 spiro atoms. The molecule has 0 heterocycles. The summed E-state index contributed by atoms with van der Waals surface area (Å²) in [4.78, 5) is 26.5. The summed E-state index contributed by atoms with van der Waals surface area (Å²) in [5, 5.41) is 2.79. The van der Waals surface area contributed by atoms with Crippen molar-refractivity contribution in [2.24, 2.45) is 5.92 Å². The van der Waals surface area contributed by atoms with Crippen LogP contribution in [0.5, 0.6) is 0 Å². The number of nitrogens with zero attached hydrogens (tertiary/aromatic N) is 1. The maximum absolute atomic E-state index is 13.0. The van der Waals surface area contributed by atoms with E-state index in [1.54, 1.807) is 11.9 Å². The Labute approximate surface area is 150 Å². The highest BCUT2D eigenvalue weighted by Crippen LogP contribution is 2.43. The summed E-state index contributed by atoms with van der Waals surface area (Å²) in [6.07, 6.45) is 1.75. The molecule has 1 aromatic carbocycles. The van der Waals surface area contributed by atoms with E-state index in [1.165, 1.54) is 0 Å². The molecule has 2 amide bonds. The Kier molecular flexibility index (Phi) is 6.09. The summed E-state index contributed by atoms with van der Waals surface area (Å²) in [5.74, 6) is 0.470. The largest absolute Gasteiger partial charge is 0.444 e. The molecule has 2 atom stereocenters. The van der Waals surface area contributed by atoms with E-state index in [9.17, 15) is 9.59 Å². The number of carbonyl (C=O) groups excluding carboxylic acids is 2. The molecule has 2 rings (SSSR count). The van der Waals surface area contributed by atoms with Crippen LogP contribution in [-0.2, 0) is 9.53 Å². The predicted octanol–water partition coefficient (Wildman–Crippen LogP) is 3.55. The number of hydrogen-bond donors (Lipinski definition) is 1. The molecule has 0 aromatic heterocycles. The van der Waals surface area contributed by atoms with Crippen LogP contribution < -0.4 is 5.32 Å². The third-order valence-corrected chi connectivity index (χ3v) is 4.21. The predicted molar refractivity (Wildman–Crippen MR) is 98.4 cm³/mol. The topological polar surface area (TPSA) is 58.6 Å². The summed E-state index contributed by atoms with van der Waals surface area (Å²) < 4.78 is 5.26. The average molecular weight is 346 g/mol. The maximum Gasteiger partial charge on any atom is 0.407 e. The minimum absolute atomic E-state index is 0.0834. The van der Waals surface area contributed by atoms with Crippen LogP contribution in [0.3, 0.4) is 0 Å². The van der Waals surface area contributed by atoms with E-state index in [4.69, 9.17) is 4.74 Å². The summed E-state index contributed by atoms with van der Waals surface area (Å²) in [6.45, 7) is 7.81. The van der Waals surface area contributed by atoms with E-state index < -0.39 is 11.7 Å². The number of alkyl carbamates (subject to hydrolysis) is 1. The zero-order valence-corrected chi connectivity index (χ0v) is 15.9. The molecule has 25 heavy (non-hydrogen) atoms. The van der Waals surface area contributed by atoms with Crippen molar-refractivity contribution in [3.63, 3.8) is 0 Å². The number of amides is 2. The lowest BCUT2D eigenvalue weighted by Gasteiger charge is -2.28. The molecule has 0 radical (unpaired) electrons. The normalized spacial score (nSPS) is 16.7. The maximum atomic E-state index is 13.0. The van der Waals surface area contributed by atoms with Crippen LogP contribution in [-0.4, -0.2) is 42.1 Å². The van der Waals surface area contributed by atoms with Gasteiger partial charge in [-0.2, -0.15) is 0 Å². The van der Waals surface area contributed by atoms with Gasteiger partial charge >= 0.3 is 6.09 Å². The number of benzene rings is 1. The van der Waals surface area contributed by atoms with Gasteiger partial charge in [0.05, 0.1) is 5.92 Å². The summed E-state index contributed by atoms with van der Waals surface area (Å²) in [6, 6.07) is 9.79. The molecule has 0 bridgehead atoms. The van der Waals surface area contributed by atoms with Crippen molar-refractivity contribution >= 4 is 12.0 Å². The highest BCUT2D eigenvalue weighted by molar-refractivity contribution is 5.84. The van der Waals surface area contributed by atoms with Crippen LogP contribution in [0.15, 0.2) is 30.3 Å². The Hall–Kier alpha value is -2.04. The van der Waals surface area contributed by atoms with E-state index in [2.05, 4.69) is 5.32 Å². The Bertz CT molecular complexity index is 591. The van der Waals surface area contributed by atoms with Crippen molar-refractivity contribution in [2.45, 2.75) is 58.1 Å². The molecule has 1 aromatic rings. The fourth-order valence-corrected chi connectivity index (χ4v) is 3.00. The molecular weight excluding hydrogens is 316 g/mol. The average Bonchev–Trinajstić information content (AvgIpc) is 3.30. The van der Waals surface area contributed by atoms with Gasteiger partial charge in [0.15, 0.2) is 0 Å². The van der Waals surface area contributed by atoms with Crippen molar-refractivity contribution in [3.8, 4) is 0 Å². The molecule has 1 aliphatic carbocycles. The van der Waals surface area contributed by atoms with Gasteiger partial charge in [-0.15, -0.1) is 0 Å². The first-order chi connectivity index (χ1) is 11.7. The second-order valence-corrected chi connectivity index (χ2v) is 7.99. The third-order valence-electron chi connectivity index (χ3n) is 4.21. The van der Waals surface area contributed by atoms with Gasteiger partial charge in [0, 0.05) is 19.6 Å². The zero-order chi connectivity index (χ0) is 18.6. The molecular formula is C20H30N2O3. The summed E-state index contributed by atoms with van der Waals surface area (Å²) >= 11 is 0. The Morgan fingerprint density at radius 1 is 1.24 bits per heavy atom. The Balaban J connectivity index is 1.93. The molecule has 1 fully saturated rings. The van der Waals surface area contributed by atoms with Gasteiger partial charge < -0.3 is 15.0 Å². The zero-order valence-electron chi connectivity index (χ0n) is 15.9. The third kappa shape index (κ3) is 6.07. The van der Waals surface area contributed by atoms with Gasteiger partial charge in [-0.3, -0.25) is 4.79 Å². The molecule has 138 valence electrons. The second kappa shape index (κ2) is 7.89. The van der Waals surface area contributed by atoms with Crippen LogP contribution in [0, 0.1) is 5.92 Å². The molecule has 5 heteroatoms. The fraction of sp³-hybridized carbons (Fsp3) is 0.600. The lowest BCUT2D eigenvalue weighted by Crippen LogP contribution is -2.45. The standard InChI is InChI=1S/C20H30N2O3/c1-14(21-19(24)25-20(2,3)4)13-22(5)18(23)17(16-11-12-16)15-9-7-6-8-10-15/h6-10,14,16-17H,11-13H2,1-5H3,(H,21,24). The number of nitrogens with one attached hydrogen (secondary N) is 1. The number of rotatable bonds is 6. The molecule has 0 aliphatic heterocycles. The molecule has 0 saturated heterocycles. The van der Waals surface area contributed by atoms with Crippen LogP contribution >= 0.6 is 0 Å². The molecule has 1 aliphatic rings. The van der Waals surface area contributed by atoms with Crippen molar-refractivity contribution in [3.05, 3.63) is 35.9 Å². The minimum atomic E-state index is -0.532. The first-order valence-corrected chi connectivity index (χ1v) is 8.97. The van der Waals surface area contributed by atoms with Crippen LogP contribution in [0.1, 0.15) is 52.0 Å². The Morgan fingerprint density at radius 3 is 2.36 bits per heavy atom. The van der Waals surface area contributed by atoms with E-state index in [0.29, 0.717) is 12.5 Å². The van der Waals surface area contributed by atoms with E-state index in [1.807, 2.05) is 58.0 Å². The lowest BCUT2D eigenvalue weighted by molar-refractivity contribution is -0.132. The minimum Gasteiger partial charge on any atom is -0.444 e. The smallest absolute Gasteiger partial charge is 0.407 e. The summed E-state index contributed by atoms with van der Waals surface area (Å²) in [7, 11) is 1.80. The van der Waals surface area contributed by atoms with Gasteiger partial charge in [0.2, 0.25) is 5.91 Å². The van der Waals surface area contributed by atoms with Gasteiger partial charge in [0.1, 0.15) is 5.60 Å². The number of likely N-dealkylation sites (N-methyl/N-ethyl adjacent to an activating group) is 1. The van der Waals surface area contributed by atoms with Gasteiger partial charge in [-0.05, 0) is 52.0 Å². The SMILES string of the molecule is CC(CN(C)C(=O)C(c1ccccc1)C1CC1)NC(=O)OC(C)(C)C. The highest BCUT2D eigenvalue weighted by atomic mass is 16.6. The number of ether oxygens (including phenoxy) is 1. The molecule has 1 saturated carbocycles. The van der Waals surface area contributed by atoms with Crippen molar-refractivity contribution in [1.29, 1.82) is 0 Å². The molecule has 2 unspecified atom stereocenters. The monoisotopic (exact) mass is 346 g/mol. The van der Waals surface area contributed by atoms with Crippen LogP contribution in [0.25, 0.3) is 0 Å². The fourth-order valence-electron chi connectivity index (χ4n) is 3.00. The van der Waals surface area contributed by atoms with Gasteiger partial charge in [-0.25, -0.2) is 4.79 Å². The number of carbonyl (C=O) groups is 2. The molecule has 5 nitrogen and oxygen atoms in total. The van der Waals surface area contributed by atoms with Crippen molar-refractivity contribution in [2.75, 3.05) is 13.6 Å². The van der Waals surface area contributed by atoms with E-state index >= 15 is 0 Å². The summed E-state index contributed by atoms with van der Waals surface area (Å²) in [5.41, 5.74) is 0.546. The van der Waals surface area contributed by atoms with Gasteiger partial charge in [-0.1, -0.05) is 30.3 Å². The van der Waals surface area contributed by atoms with Crippen LogP contribution in [0.4, 0.5) is 4.79 Å². The van der Waals surface area contributed by atoms with Crippen LogP contribution in [0.2, 0.25) is 0 Å².